The molecule has 1 aromatic heterocycles. The number of carbonyl (C=O) groups is 2. The van der Waals surface area contributed by atoms with Gasteiger partial charge in [-0.25, -0.2) is 4.39 Å². The molecule has 0 fully saturated rings. The van der Waals surface area contributed by atoms with Gasteiger partial charge in [0.05, 0.1) is 19.1 Å². The summed E-state index contributed by atoms with van der Waals surface area (Å²) in [4.78, 5) is 26.4. The Morgan fingerprint density at radius 2 is 1.71 bits per heavy atom. The lowest BCUT2D eigenvalue weighted by molar-refractivity contribution is -0.131. The van der Waals surface area contributed by atoms with Gasteiger partial charge in [0.15, 0.2) is 5.82 Å². The molecule has 34 heavy (non-hydrogen) atoms. The van der Waals surface area contributed by atoms with Crippen LogP contribution in [0.2, 0.25) is 0 Å². The van der Waals surface area contributed by atoms with Gasteiger partial charge in [-0.3, -0.25) is 14.3 Å². The van der Waals surface area contributed by atoms with Crippen molar-refractivity contribution < 1.29 is 23.5 Å². The lowest BCUT2D eigenvalue weighted by atomic mass is 10.2. The van der Waals surface area contributed by atoms with Crippen molar-refractivity contribution in [2.75, 3.05) is 32.1 Å². The fourth-order valence-electron chi connectivity index (χ4n) is 2.91. The van der Waals surface area contributed by atoms with Gasteiger partial charge < -0.3 is 19.7 Å². The van der Waals surface area contributed by atoms with Crippen molar-refractivity contribution in [3.05, 3.63) is 72.2 Å². The Balaban J connectivity index is 1.40. The molecule has 0 saturated heterocycles. The second kappa shape index (κ2) is 11.8. The van der Waals surface area contributed by atoms with Gasteiger partial charge in [0.2, 0.25) is 11.8 Å². The number of hydrogen-bond acceptors (Lipinski definition) is 5. The Morgan fingerprint density at radius 1 is 1.06 bits per heavy atom. The number of benzene rings is 2. The van der Waals surface area contributed by atoms with Crippen molar-refractivity contribution in [2.45, 2.75) is 20.4 Å². The van der Waals surface area contributed by atoms with Crippen LogP contribution in [-0.2, 0) is 16.1 Å². The topological polar surface area (TPSA) is 85.7 Å². The molecule has 0 radical (unpaired) electrons. The predicted molar refractivity (Wildman–Crippen MR) is 126 cm³/mol. The number of amides is 2. The second-order valence-corrected chi connectivity index (χ2v) is 8.03. The van der Waals surface area contributed by atoms with E-state index in [4.69, 9.17) is 9.47 Å². The molecule has 9 heteroatoms. The van der Waals surface area contributed by atoms with Gasteiger partial charge in [-0.15, -0.1) is 0 Å². The average Bonchev–Trinajstić information content (AvgIpc) is 3.26. The third-order valence-corrected chi connectivity index (χ3v) is 5.09. The predicted octanol–water partition coefficient (Wildman–Crippen LogP) is 3.52. The fourth-order valence-corrected chi connectivity index (χ4v) is 2.91. The number of halogens is 1. The highest BCUT2D eigenvalue weighted by atomic mass is 19.1. The Bertz CT molecular complexity index is 1080. The van der Waals surface area contributed by atoms with E-state index >= 15 is 0 Å². The molecular weight excluding hydrogens is 439 g/mol. The Labute approximate surface area is 198 Å². The summed E-state index contributed by atoms with van der Waals surface area (Å²) in [5, 5.41) is 6.95. The first-order valence-electron chi connectivity index (χ1n) is 11.0. The number of rotatable bonds is 11. The van der Waals surface area contributed by atoms with Crippen LogP contribution in [0.4, 0.5) is 10.2 Å². The summed E-state index contributed by atoms with van der Waals surface area (Å²) in [6, 6.07) is 15.0. The minimum Gasteiger partial charge on any atom is -0.493 e. The van der Waals surface area contributed by atoms with E-state index in [0.717, 1.165) is 11.3 Å². The van der Waals surface area contributed by atoms with Crippen molar-refractivity contribution in [3.63, 3.8) is 0 Å². The molecule has 0 saturated carbocycles. The van der Waals surface area contributed by atoms with Gasteiger partial charge in [-0.05, 0) is 43.3 Å². The van der Waals surface area contributed by atoms with Crippen LogP contribution in [0.25, 0.3) is 0 Å². The summed E-state index contributed by atoms with van der Waals surface area (Å²) in [5.41, 5.74) is 1.15. The van der Waals surface area contributed by atoms with E-state index in [1.165, 1.54) is 28.9 Å². The molecule has 0 aliphatic heterocycles. The van der Waals surface area contributed by atoms with Crippen LogP contribution >= 0.6 is 0 Å². The zero-order valence-corrected chi connectivity index (χ0v) is 19.5. The monoisotopic (exact) mass is 468 g/mol. The van der Waals surface area contributed by atoms with Crippen molar-refractivity contribution in [1.82, 2.24) is 14.7 Å². The van der Waals surface area contributed by atoms with Crippen molar-refractivity contribution in [2.24, 2.45) is 5.92 Å². The first-order chi connectivity index (χ1) is 16.3. The minimum atomic E-state index is -0.462. The summed E-state index contributed by atoms with van der Waals surface area (Å²) in [5.74, 6) is 0.370. The summed E-state index contributed by atoms with van der Waals surface area (Å²) in [6.07, 6.45) is 1.63. The van der Waals surface area contributed by atoms with Crippen molar-refractivity contribution in [1.29, 1.82) is 0 Å². The molecule has 1 heterocycles. The molecule has 3 aromatic rings. The van der Waals surface area contributed by atoms with E-state index < -0.39 is 5.92 Å². The Kier molecular flexibility index (Phi) is 8.61. The van der Waals surface area contributed by atoms with Gasteiger partial charge in [0.25, 0.3) is 0 Å². The van der Waals surface area contributed by atoms with Crippen LogP contribution in [0, 0.1) is 18.7 Å². The molecule has 3 rings (SSSR count). The molecule has 1 N–H and O–H groups in total. The molecule has 0 aliphatic carbocycles. The summed E-state index contributed by atoms with van der Waals surface area (Å²) in [7, 11) is 1.70. The molecule has 8 nitrogen and oxygen atoms in total. The van der Waals surface area contributed by atoms with E-state index in [0.29, 0.717) is 24.7 Å². The number of nitrogens with one attached hydrogen (secondary N) is 1. The SMILES string of the molecule is Cc1ccc(OCCN(C)C(=O)Cn2ccc(NC(=O)C(C)COc3ccc(F)cc3)n2)cc1. The van der Waals surface area contributed by atoms with Crippen molar-refractivity contribution >= 4 is 17.6 Å². The maximum absolute atomic E-state index is 13.0. The lowest BCUT2D eigenvalue weighted by Crippen LogP contribution is -2.33. The molecule has 0 bridgehead atoms. The summed E-state index contributed by atoms with van der Waals surface area (Å²) >= 11 is 0. The maximum atomic E-state index is 13.0. The van der Waals surface area contributed by atoms with Crippen LogP contribution in [0.3, 0.4) is 0 Å². The molecule has 180 valence electrons. The molecule has 0 spiro atoms. The summed E-state index contributed by atoms with van der Waals surface area (Å²) in [6.45, 7) is 4.71. The number of nitrogens with zero attached hydrogens (tertiary/aromatic N) is 3. The molecule has 2 amide bonds. The molecule has 1 unspecified atom stereocenters. The number of aryl methyl sites for hydroxylation is 1. The second-order valence-electron chi connectivity index (χ2n) is 8.03. The van der Waals surface area contributed by atoms with E-state index in [-0.39, 0.29) is 30.8 Å². The highest BCUT2D eigenvalue weighted by Gasteiger charge is 2.16. The normalized spacial score (nSPS) is 11.5. The smallest absolute Gasteiger partial charge is 0.244 e. The largest absolute Gasteiger partial charge is 0.493 e. The number of hydrogen-bond donors (Lipinski definition) is 1. The first-order valence-corrected chi connectivity index (χ1v) is 11.0. The number of likely N-dealkylation sites (N-methyl/N-ethyl adjacent to an activating group) is 1. The van der Waals surface area contributed by atoms with E-state index in [9.17, 15) is 14.0 Å². The van der Waals surface area contributed by atoms with Gasteiger partial charge in [-0.2, -0.15) is 5.10 Å². The first kappa shape index (κ1) is 24.8. The Morgan fingerprint density at radius 3 is 2.41 bits per heavy atom. The minimum absolute atomic E-state index is 0.0418. The van der Waals surface area contributed by atoms with Crippen LogP contribution in [-0.4, -0.2) is 53.3 Å². The third kappa shape index (κ3) is 7.61. The highest BCUT2D eigenvalue weighted by molar-refractivity contribution is 5.91. The number of carbonyl (C=O) groups excluding carboxylic acids is 2. The zero-order chi connectivity index (χ0) is 24.5. The van der Waals surface area contributed by atoms with Gasteiger partial charge in [-0.1, -0.05) is 24.6 Å². The van der Waals surface area contributed by atoms with Crippen LogP contribution < -0.4 is 14.8 Å². The van der Waals surface area contributed by atoms with Gasteiger partial charge in [0.1, 0.15) is 30.5 Å². The fraction of sp³-hybridized carbons (Fsp3) is 0.320. The molecule has 0 aliphatic rings. The van der Waals surface area contributed by atoms with E-state index in [1.54, 1.807) is 31.1 Å². The molecule has 2 aromatic carbocycles. The molecular formula is C25H29FN4O4. The average molecular weight is 469 g/mol. The Hall–Kier alpha value is -3.88. The van der Waals surface area contributed by atoms with Crippen LogP contribution in [0.1, 0.15) is 12.5 Å². The zero-order valence-electron chi connectivity index (χ0n) is 19.5. The van der Waals surface area contributed by atoms with Gasteiger partial charge in [0, 0.05) is 19.3 Å². The highest BCUT2D eigenvalue weighted by Crippen LogP contribution is 2.14. The standard InChI is InChI=1S/C25H29FN4O4/c1-18-4-8-21(9-5-18)33-15-14-29(3)24(31)16-30-13-12-23(28-30)27-25(32)19(2)17-34-22-10-6-20(26)7-11-22/h4-13,19H,14-17H2,1-3H3,(H,27,28,32). The third-order valence-electron chi connectivity index (χ3n) is 5.09. The quantitative estimate of drug-likeness (QED) is 0.465. The lowest BCUT2D eigenvalue weighted by Gasteiger charge is -2.17. The van der Waals surface area contributed by atoms with Crippen molar-refractivity contribution in [3.8, 4) is 11.5 Å². The number of aromatic nitrogens is 2. The van der Waals surface area contributed by atoms with Crippen LogP contribution in [0.5, 0.6) is 11.5 Å². The number of anilines is 1. The number of ether oxygens (including phenoxy) is 2. The van der Waals surface area contributed by atoms with E-state index in [2.05, 4.69) is 10.4 Å². The molecule has 1 atom stereocenters. The van der Waals surface area contributed by atoms with Gasteiger partial charge >= 0.3 is 0 Å². The maximum Gasteiger partial charge on any atom is 0.244 e. The van der Waals surface area contributed by atoms with E-state index in [1.807, 2.05) is 31.2 Å². The summed E-state index contributed by atoms with van der Waals surface area (Å²) < 4.78 is 25.6. The van der Waals surface area contributed by atoms with Crippen LogP contribution in [0.15, 0.2) is 60.8 Å².